The molecule has 2 rings (SSSR count). The van der Waals surface area contributed by atoms with E-state index < -0.39 is 0 Å². The Bertz CT molecular complexity index is 417. The molecule has 16 heavy (non-hydrogen) atoms. The lowest BCUT2D eigenvalue weighted by Gasteiger charge is -2.02. The van der Waals surface area contributed by atoms with Crippen LogP contribution in [0, 0.1) is 6.92 Å². The van der Waals surface area contributed by atoms with Crippen LogP contribution in [0.4, 0.5) is 0 Å². The van der Waals surface area contributed by atoms with Gasteiger partial charge in [-0.1, -0.05) is 20.8 Å². The summed E-state index contributed by atoms with van der Waals surface area (Å²) in [4.78, 5) is 8.37. The predicted molar refractivity (Wildman–Crippen MR) is 64.6 cm³/mol. The van der Waals surface area contributed by atoms with Crippen molar-refractivity contribution in [3.8, 4) is 5.69 Å². The van der Waals surface area contributed by atoms with Gasteiger partial charge in [-0.25, -0.2) is 9.67 Å². The zero-order chi connectivity index (χ0) is 12.0. The number of hydrogen-bond acceptors (Lipinski definition) is 3. The summed E-state index contributed by atoms with van der Waals surface area (Å²) < 4.78 is 1.77. The second-order valence-corrected chi connectivity index (χ2v) is 3.08. The molecule has 0 aliphatic heterocycles. The van der Waals surface area contributed by atoms with Gasteiger partial charge in [0.05, 0.1) is 11.9 Å². The summed E-state index contributed by atoms with van der Waals surface area (Å²) in [5.41, 5.74) is 2.05. The fraction of sp³-hybridized carbons (Fsp3) is 0.417. The molecule has 86 valence electrons. The normalized spacial score (nSPS) is 9.50. The summed E-state index contributed by atoms with van der Waals surface area (Å²) in [6.07, 6.45) is 4.32. The SMILES string of the molecule is CC.CCc1ccc(-n2ncnc2C)cn1. The maximum Gasteiger partial charge on any atom is 0.138 e. The molecule has 4 nitrogen and oxygen atoms in total. The average Bonchev–Trinajstić information content (AvgIpc) is 2.78. The van der Waals surface area contributed by atoms with Crippen LogP contribution in [0.25, 0.3) is 5.69 Å². The Kier molecular flexibility index (Phi) is 4.64. The standard InChI is InChI=1S/C10H12N4.C2H6/c1-3-9-4-5-10(6-11-9)14-8(2)12-7-13-14;1-2/h4-7H,3H2,1-2H3;1-2H3. The molecular weight excluding hydrogens is 200 g/mol. The van der Waals surface area contributed by atoms with Gasteiger partial charge >= 0.3 is 0 Å². The van der Waals surface area contributed by atoms with Crippen LogP contribution in [-0.2, 0) is 6.42 Å². The van der Waals surface area contributed by atoms with Crippen molar-refractivity contribution in [1.29, 1.82) is 0 Å². The van der Waals surface area contributed by atoms with Crippen molar-refractivity contribution in [3.05, 3.63) is 36.2 Å². The second kappa shape index (κ2) is 6.00. The van der Waals surface area contributed by atoms with E-state index in [1.165, 1.54) is 0 Å². The molecule has 0 aliphatic rings. The monoisotopic (exact) mass is 218 g/mol. The van der Waals surface area contributed by atoms with E-state index >= 15 is 0 Å². The fourth-order valence-electron chi connectivity index (χ4n) is 1.30. The molecule has 0 spiro atoms. The number of hydrogen-bond donors (Lipinski definition) is 0. The minimum atomic E-state index is 0.871. The lowest BCUT2D eigenvalue weighted by atomic mass is 10.3. The minimum Gasteiger partial charge on any atom is -0.259 e. The molecule has 0 fully saturated rings. The van der Waals surface area contributed by atoms with Crippen LogP contribution in [0.5, 0.6) is 0 Å². The molecule has 0 unspecified atom stereocenters. The first-order valence-corrected chi connectivity index (χ1v) is 5.63. The molecule has 0 aromatic carbocycles. The van der Waals surface area contributed by atoms with E-state index in [0.717, 1.165) is 23.6 Å². The fourth-order valence-corrected chi connectivity index (χ4v) is 1.30. The topological polar surface area (TPSA) is 43.6 Å². The largest absolute Gasteiger partial charge is 0.259 e. The summed E-state index contributed by atoms with van der Waals surface area (Å²) in [7, 11) is 0. The van der Waals surface area contributed by atoms with Gasteiger partial charge in [0.15, 0.2) is 0 Å². The Morgan fingerprint density at radius 1 is 1.19 bits per heavy atom. The molecule has 0 bridgehead atoms. The van der Waals surface area contributed by atoms with Gasteiger partial charge in [-0.15, -0.1) is 0 Å². The first-order chi connectivity index (χ1) is 7.81. The molecule has 0 atom stereocenters. The van der Waals surface area contributed by atoms with Gasteiger partial charge in [-0.05, 0) is 25.5 Å². The molecule has 2 aromatic heterocycles. The number of rotatable bonds is 2. The highest BCUT2D eigenvalue weighted by molar-refractivity contribution is 5.29. The van der Waals surface area contributed by atoms with Crippen molar-refractivity contribution in [1.82, 2.24) is 19.7 Å². The third-order valence-corrected chi connectivity index (χ3v) is 2.13. The predicted octanol–water partition coefficient (Wildman–Crippen LogP) is 2.56. The maximum absolute atomic E-state index is 4.31. The van der Waals surface area contributed by atoms with Crippen molar-refractivity contribution in [3.63, 3.8) is 0 Å². The molecule has 2 heterocycles. The summed E-state index contributed by atoms with van der Waals surface area (Å²) >= 11 is 0. The molecule has 0 aliphatic carbocycles. The van der Waals surface area contributed by atoms with Crippen LogP contribution in [0.3, 0.4) is 0 Å². The second-order valence-electron chi connectivity index (χ2n) is 3.08. The van der Waals surface area contributed by atoms with Crippen molar-refractivity contribution in [2.75, 3.05) is 0 Å². The minimum absolute atomic E-state index is 0.871. The van der Waals surface area contributed by atoms with E-state index in [1.54, 1.807) is 11.0 Å². The van der Waals surface area contributed by atoms with E-state index in [0.29, 0.717) is 0 Å². The van der Waals surface area contributed by atoms with Crippen LogP contribution in [0.2, 0.25) is 0 Å². The molecule has 0 radical (unpaired) electrons. The van der Waals surface area contributed by atoms with Gasteiger partial charge in [0.1, 0.15) is 12.2 Å². The summed E-state index contributed by atoms with van der Waals surface area (Å²) in [5, 5.41) is 4.11. The van der Waals surface area contributed by atoms with Crippen molar-refractivity contribution in [2.45, 2.75) is 34.1 Å². The van der Waals surface area contributed by atoms with E-state index in [-0.39, 0.29) is 0 Å². The summed E-state index contributed by atoms with van der Waals surface area (Å²) in [5.74, 6) is 0.871. The Hall–Kier alpha value is -1.71. The van der Waals surface area contributed by atoms with Gasteiger partial charge in [0, 0.05) is 5.69 Å². The highest BCUT2D eigenvalue weighted by Crippen LogP contribution is 2.07. The summed E-state index contributed by atoms with van der Waals surface area (Å²) in [6, 6.07) is 4.02. The van der Waals surface area contributed by atoms with Crippen LogP contribution < -0.4 is 0 Å². The van der Waals surface area contributed by atoms with Gasteiger partial charge in [-0.3, -0.25) is 4.98 Å². The lowest BCUT2D eigenvalue weighted by Crippen LogP contribution is -2.00. The van der Waals surface area contributed by atoms with E-state index in [4.69, 9.17) is 0 Å². The average molecular weight is 218 g/mol. The van der Waals surface area contributed by atoms with Crippen LogP contribution in [0.15, 0.2) is 24.7 Å². The highest BCUT2D eigenvalue weighted by atomic mass is 15.3. The zero-order valence-corrected chi connectivity index (χ0v) is 10.3. The van der Waals surface area contributed by atoms with Crippen LogP contribution in [0.1, 0.15) is 32.3 Å². The van der Waals surface area contributed by atoms with Gasteiger partial charge in [-0.2, -0.15) is 5.10 Å². The van der Waals surface area contributed by atoms with Gasteiger partial charge in [0.25, 0.3) is 0 Å². The Morgan fingerprint density at radius 3 is 2.38 bits per heavy atom. The molecule has 0 amide bonds. The molecule has 4 heteroatoms. The van der Waals surface area contributed by atoms with Crippen molar-refractivity contribution >= 4 is 0 Å². The van der Waals surface area contributed by atoms with E-state index in [9.17, 15) is 0 Å². The van der Waals surface area contributed by atoms with Crippen molar-refractivity contribution < 1.29 is 0 Å². The number of nitrogens with zero attached hydrogens (tertiary/aromatic N) is 4. The number of pyridine rings is 1. The third kappa shape index (κ3) is 2.66. The van der Waals surface area contributed by atoms with Crippen molar-refractivity contribution in [2.24, 2.45) is 0 Å². The van der Waals surface area contributed by atoms with Gasteiger partial charge < -0.3 is 0 Å². The first-order valence-electron chi connectivity index (χ1n) is 5.63. The molecule has 2 aromatic rings. The highest BCUT2D eigenvalue weighted by Gasteiger charge is 2.01. The first kappa shape index (κ1) is 12.4. The maximum atomic E-state index is 4.31. The smallest absolute Gasteiger partial charge is 0.138 e. The zero-order valence-electron chi connectivity index (χ0n) is 10.3. The molecule has 0 saturated heterocycles. The number of aromatic nitrogens is 4. The Balaban J connectivity index is 0.000000606. The quantitative estimate of drug-likeness (QED) is 0.778. The third-order valence-electron chi connectivity index (χ3n) is 2.13. The lowest BCUT2D eigenvalue weighted by molar-refractivity contribution is 0.831. The Labute approximate surface area is 96.4 Å². The molecule has 0 saturated carbocycles. The molecular formula is C12H18N4. The van der Waals surface area contributed by atoms with Crippen LogP contribution in [-0.4, -0.2) is 19.7 Å². The van der Waals surface area contributed by atoms with E-state index in [2.05, 4.69) is 22.0 Å². The molecule has 0 N–H and O–H groups in total. The van der Waals surface area contributed by atoms with E-state index in [1.807, 2.05) is 39.1 Å². The Morgan fingerprint density at radius 2 is 1.94 bits per heavy atom. The summed E-state index contributed by atoms with van der Waals surface area (Å²) in [6.45, 7) is 8.00. The van der Waals surface area contributed by atoms with Crippen LogP contribution >= 0.6 is 0 Å². The number of aryl methyl sites for hydroxylation is 2. The van der Waals surface area contributed by atoms with Gasteiger partial charge in [0.2, 0.25) is 0 Å².